The molecule has 160 valence electrons. The number of rotatable bonds is 3. The van der Waals surface area contributed by atoms with E-state index >= 15 is 0 Å². The molecule has 0 bridgehead atoms. The van der Waals surface area contributed by atoms with Gasteiger partial charge in [0.1, 0.15) is 17.3 Å². The summed E-state index contributed by atoms with van der Waals surface area (Å²) in [6.45, 7) is 3.41. The summed E-state index contributed by atoms with van der Waals surface area (Å²) in [7, 11) is 0. The molecule has 0 unspecified atom stereocenters. The van der Waals surface area contributed by atoms with E-state index in [1.807, 2.05) is 60.2 Å². The Morgan fingerprint density at radius 2 is 1.88 bits per heavy atom. The van der Waals surface area contributed by atoms with E-state index in [2.05, 4.69) is 25.9 Å². The fourth-order valence-electron chi connectivity index (χ4n) is 4.39. The van der Waals surface area contributed by atoms with Crippen molar-refractivity contribution in [3.63, 3.8) is 0 Å². The van der Waals surface area contributed by atoms with Crippen LogP contribution in [0, 0.1) is 30.0 Å². The van der Waals surface area contributed by atoms with Gasteiger partial charge in [-0.3, -0.25) is 9.38 Å². The molecule has 6 nitrogen and oxygen atoms in total. The van der Waals surface area contributed by atoms with Crippen LogP contribution in [0.1, 0.15) is 5.69 Å². The van der Waals surface area contributed by atoms with E-state index in [-0.39, 0.29) is 11.7 Å². The number of pyridine rings is 3. The maximum atomic E-state index is 14.0. The van der Waals surface area contributed by atoms with Gasteiger partial charge in [-0.25, -0.2) is 14.4 Å². The highest BCUT2D eigenvalue weighted by Gasteiger charge is 2.27. The second-order valence-electron chi connectivity index (χ2n) is 8.40. The predicted molar refractivity (Wildman–Crippen MR) is 125 cm³/mol. The van der Waals surface area contributed by atoms with Crippen LogP contribution in [0.4, 0.5) is 10.2 Å². The lowest BCUT2D eigenvalue weighted by Gasteiger charge is -2.36. The van der Waals surface area contributed by atoms with Gasteiger partial charge in [0.25, 0.3) is 0 Å². The third-order valence-corrected chi connectivity index (χ3v) is 6.16. The van der Waals surface area contributed by atoms with Crippen LogP contribution in [0.5, 0.6) is 0 Å². The summed E-state index contributed by atoms with van der Waals surface area (Å²) >= 11 is 0. The number of hydrogen-bond acceptors (Lipinski definition) is 5. The molecular formula is C26H19FN6. The smallest absolute Gasteiger partial charge is 0.137 e. The molecule has 0 N–H and O–H groups in total. The lowest BCUT2D eigenvalue weighted by atomic mass is 10.0. The van der Waals surface area contributed by atoms with E-state index in [1.54, 1.807) is 6.07 Å². The molecule has 0 aliphatic carbocycles. The molecule has 0 radical (unpaired) electrons. The first kappa shape index (κ1) is 19.4. The highest BCUT2D eigenvalue weighted by atomic mass is 19.1. The number of imidazole rings is 1. The molecule has 1 saturated heterocycles. The van der Waals surface area contributed by atoms with Crippen molar-refractivity contribution in [2.45, 2.75) is 6.92 Å². The van der Waals surface area contributed by atoms with Gasteiger partial charge in [-0.05, 0) is 61.0 Å². The van der Waals surface area contributed by atoms with Crippen molar-refractivity contribution in [1.82, 2.24) is 19.4 Å². The van der Waals surface area contributed by atoms with Crippen LogP contribution < -0.4 is 4.90 Å². The molecule has 1 aliphatic rings. The van der Waals surface area contributed by atoms with Gasteiger partial charge < -0.3 is 4.90 Å². The first-order valence-electron chi connectivity index (χ1n) is 10.7. The van der Waals surface area contributed by atoms with E-state index in [0.29, 0.717) is 0 Å². The molecule has 6 rings (SSSR count). The van der Waals surface area contributed by atoms with E-state index in [1.165, 1.54) is 12.1 Å². The van der Waals surface area contributed by atoms with Crippen molar-refractivity contribution in [2.24, 2.45) is 5.92 Å². The van der Waals surface area contributed by atoms with Crippen LogP contribution in [0.25, 0.3) is 38.9 Å². The second-order valence-corrected chi connectivity index (χ2v) is 8.40. The predicted octanol–water partition coefficient (Wildman–Crippen LogP) is 5.02. The van der Waals surface area contributed by atoms with Crippen LogP contribution in [0.2, 0.25) is 0 Å². The lowest BCUT2D eigenvalue weighted by Crippen LogP contribution is -2.46. The molecule has 1 aromatic carbocycles. The Labute approximate surface area is 189 Å². The summed E-state index contributed by atoms with van der Waals surface area (Å²) in [6.07, 6.45) is 5.65. The van der Waals surface area contributed by atoms with E-state index < -0.39 is 0 Å². The Morgan fingerprint density at radius 3 is 2.67 bits per heavy atom. The molecule has 5 heterocycles. The first-order chi connectivity index (χ1) is 16.1. The average Bonchev–Trinajstić information content (AvgIpc) is 3.22. The fraction of sp³-hybridized carbons (Fsp3) is 0.154. The zero-order valence-electron chi connectivity index (χ0n) is 17.9. The third-order valence-electron chi connectivity index (χ3n) is 6.16. The fourth-order valence-corrected chi connectivity index (χ4v) is 4.39. The molecule has 0 atom stereocenters. The number of halogens is 1. The Hall–Kier alpha value is -4.31. The van der Waals surface area contributed by atoms with Crippen molar-refractivity contribution in [3.8, 4) is 28.5 Å². The average molecular weight is 434 g/mol. The molecule has 33 heavy (non-hydrogen) atoms. The SMILES string of the molecule is Cc1cc(-c2cnc3cc(-c4ccc(N5CC(C#N)C5)nc4)ccn23)c2cc(F)ccc2n1. The Kier molecular flexibility index (Phi) is 4.34. The normalized spacial score (nSPS) is 13.9. The quantitative estimate of drug-likeness (QED) is 0.399. The van der Waals surface area contributed by atoms with Gasteiger partial charge in [0.05, 0.1) is 29.4 Å². The zero-order chi connectivity index (χ0) is 22.5. The Balaban J connectivity index is 1.37. The van der Waals surface area contributed by atoms with Gasteiger partial charge in [-0.1, -0.05) is 0 Å². The summed E-state index contributed by atoms with van der Waals surface area (Å²) in [5.74, 6) is 0.700. The second kappa shape index (κ2) is 7.38. The molecule has 0 spiro atoms. The number of benzene rings is 1. The first-order valence-corrected chi connectivity index (χ1v) is 10.7. The number of fused-ring (bicyclic) bond motifs is 2. The maximum Gasteiger partial charge on any atom is 0.137 e. The number of hydrogen-bond donors (Lipinski definition) is 0. The number of nitrogens with zero attached hydrogens (tertiary/aromatic N) is 6. The highest BCUT2D eigenvalue weighted by Crippen LogP contribution is 2.31. The van der Waals surface area contributed by atoms with Gasteiger partial charge in [-0.15, -0.1) is 0 Å². The van der Waals surface area contributed by atoms with Gasteiger partial charge in [0.2, 0.25) is 0 Å². The van der Waals surface area contributed by atoms with E-state index in [9.17, 15) is 4.39 Å². The maximum absolute atomic E-state index is 14.0. The zero-order valence-corrected chi connectivity index (χ0v) is 17.9. The number of anilines is 1. The summed E-state index contributed by atoms with van der Waals surface area (Å²) in [5, 5.41) is 9.72. The largest absolute Gasteiger partial charge is 0.354 e. The number of aromatic nitrogens is 4. The van der Waals surface area contributed by atoms with Crippen LogP contribution in [0.15, 0.2) is 67.1 Å². The topological polar surface area (TPSA) is 70.1 Å². The summed E-state index contributed by atoms with van der Waals surface area (Å²) < 4.78 is 16.0. The molecule has 1 fully saturated rings. The van der Waals surface area contributed by atoms with Gasteiger partial charge in [0, 0.05) is 47.7 Å². The minimum absolute atomic E-state index is 0.0984. The molecule has 0 amide bonds. The number of aryl methyl sites for hydroxylation is 1. The van der Waals surface area contributed by atoms with Crippen LogP contribution in [0.3, 0.4) is 0 Å². The molecular weight excluding hydrogens is 415 g/mol. The van der Waals surface area contributed by atoms with Gasteiger partial charge in [-0.2, -0.15) is 5.26 Å². The minimum atomic E-state index is -0.289. The molecule has 4 aromatic heterocycles. The van der Waals surface area contributed by atoms with Gasteiger partial charge >= 0.3 is 0 Å². The third kappa shape index (κ3) is 3.28. The molecule has 7 heteroatoms. The molecule has 5 aromatic rings. The summed E-state index contributed by atoms with van der Waals surface area (Å²) in [5.41, 5.74) is 6.21. The Morgan fingerprint density at radius 1 is 1.00 bits per heavy atom. The van der Waals surface area contributed by atoms with Crippen LogP contribution in [-0.2, 0) is 0 Å². The van der Waals surface area contributed by atoms with E-state index in [4.69, 9.17) is 5.26 Å². The number of nitriles is 1. The lowest BCUT2D eigenvalue weighted by molar-refractivity contribution is 0.499. The van der Waals surface area contributed by atoms with Crippen molar-refractivity contribution >= 4 is 22.4 Å². The van der Waals surface area contributed by atoms with Crippen molar-refractivity contribution in [3.05, 3.63) is 78.6 Å². The van der Waals surface area contributed by atoms with Gasteiger partial charge in [0.15, 0.2) is 0 Å². The highest BCUT2D eigenvalue weighted by molar-refractivity contribution is 5.94. The van der Waals surface area contributed by atoms with Crippen molar-refractivity contribution in [1.29, 1.82) is 5.26 Å². The minimum Gasteiger partial charge on any atom is -0.354 e. The summed E-state index contributed by atoms with van der Waals surface area (Å²) in [4.78, 5) is 15.8. The van der Waals surface area contributed by atoms with Crippen LogP contribution >= 0.6 is 0 Å². The standard InChI is InChI=1S/C26H19FN6/c1-16-8-22(21-10-20(27)3-4-23(21)31-16)24-13-30-26-9-18(6-7-33(24)26)19-2-5-25(29-12-19)32-14-17(11-28)15-32/h2-10,12-13,17H,14-15H2,1H3. The monoisotopic (exact) mass is 434 g/mol. The van der Waals surface area contributed by atoms with Crippen LogP contribution in [-0.4, -0.2) is 32.4 Å². The Bertz CT molecular complexity index is 1560. The van der Waals surface area contributed by atoms with Crippen molar-refractivity contribution < 1.29 is 4.39 Å². The summed E-state index contributed by atoms with van der Waals surface area (Å²) in [6, 6.07) is 17.0. The molecule has 0 saturated carbocycles. The molecule has 1 aliphatic heterocycles. The van der Waals surface area contributed by atoms with E-state index in [0.717, 1.165) is 63.5 Å². The van der Waals surface area contributed by atoms with Crippen molar-refractivity contribution in [2.75, 3.05) is 18.0 Å².